The van der Waals surface area contributed by atoms with Crippen molar-refractivity contribution in [3.8, 4) is 6.07 Å². The van der Waals surface area contributed by atoms with Crippen molar-refractivity contribution >= 4 is 12.3 Å². The maximum absolute atomic E-state index is 12.9. The molecule has 4 rings (SSSR count). The molecule has 0 aliphatic carbocycles. The number of rotatable bonds is 5. The molecule has 3 unspecified atom stereocenters. The zero-order valence-electron chi connectivity index (χ0n) is 17.4. The van der Waals surface area contributed by atoms with Crippen molar-refractivity contribution in [3.05, 3.63) is 35.6 Å². The molecule has 30 heavy (non-hydrogen) atoms. The highest BCUT2D eigenvalue weighted by Crippen LogP contribution is 2.32. The maximum atomic E-state index is 12.9. The lowest BCUT2D eigenvalue weighted by molar-refractivity contribution is -0.137. The number of benzene rings is 1. The summed E-state index contributed by atoms with van der Waals surface area (Å²) >= 11 is 0. The van der Waals surface area contributed by atoms with E-state index in [9.17, 15) is 14.0 Å². The number of nitriles is 1. The van der Waals surface area contributed by atoms with Crippen LogP contribution in [0.25, 0.3) is 0 Å². The Kier molecular flexibility index (Phi) is 7.40. The number of hydrogen-bond acceptors (Lipinski definition) is 5. The number of nitrogens with two attached hydrogens (primary N) is 1. The minimum absolute atomic E-state index is 0.00792. The molecule has 3 fully saturated rings. The van der Waals surface area contributed by atoms with Gasteiger partial charge in [-0.3, -0.25) is 14.5 Å². The number of hydrogen-bond donors (Lipinski definition) is 1. The van der Waals surface area contributed by atoms with Gasteiger partial charge in [0, 0.05) is 38.3 Å². The summed E-state index contributed by atoms with van der Waals surface area (Å²) < 4.78 is 12.9. The Hall–Kier alpha value is -2.50. The standard InChI is InChI=1S/C15H20FN3O.C7H10N2O/c1-10(17)7-18-9-13-6-14(18)15(20)19(13)8-11-2-4-12(16)5-3-11;8-5-7-3-1-2-4-9(7)6-10/h2-5,10,13-14H,6-9,17H2,1H3;6-7H,1-4H2/t10?,13-,14?;/m0./s1. The summed E-state index contributed by atoms with van der Waals surface area (Å²) in [5, 5.41) is 8.54. The van der Waals surface area contributed by atoms with Crippen LogP contribution in [0.4, 0.5) is 4.39 Å². The number of piperazine rings is 1. The van der Waals surface area contributed by atoms with E-state index in [0.717, 1.165) is 57.3 Å². The van der Waals surface area contributed by atoms with E-state index in [1.165, 1.54) is 12.1 Å². The molecular formula is C22H30FN5O2. The van der Waals surface area contributed by atoms with Crippen LogP contribution in [0.5, 0.6) is 0 Å². The number of piperidine rings is 1. The summed E-state index contributed by atoms with van der Waals surface area (Å²) in [6, 6.07) is 8.67. The molecule has 2 bridgehead atoms. The second kappa shape index (κ2) is 10.0. The Bertz CT molecular complexity index is 779. The van der Waals surface area contributed by atoms with Gasteiger partial charge in [-0.05, 0) is 50.3 Å². The summed E-state index contributed by atoms with van der Waals surface area (Å²) in [6.07, 6.45) is 4.62. The lowest BCUT2D eigenvalue weighted by Crippen LogP contribution is -2.52. The van der Waals surface area contributed by atoms with Gasteiger partial charge in [0.1, 0.15) is 11.9 Å². The number of carbonyl (C=O) groups is 2. The maximum Gasteiger partial charge on any atom is 0.240 e. The van der Waals surface area contributed by atoms with Gasteiger partial charge in [-0.1, -0.05) is 12.1 Å². The molecule has 3 aliphatic heterocycles. The molecule has 3 heterocycles. The number of halogens is 1. The van der Waals surface area contributed by atoms with Crippen molar-refractivity contribution in [1.29, 1.82) is 5.26 Å². The van der Waals surface area contributed by atoms with E-state index < -0.39 is 0 Å². The molecule has 3 aliphatic rings. The SMILES string of the molecule is CC(N)CN1C[C@@H]2CC1C(=O)N2Cc1ccc(F)cc1.N#CC1CCCCN1C=O. The van der Waals surface area contributed by atoms with E-state index in [0.29, 0.717) is 6.54 Å². The Balaban J connectivity index is 0.000000216. The second-order valence-electron chi connectivity index (χ2n) is 8.41. The van der Waals surface area contributed by atoms with Crippen molar-refractivity contribution in [2.75, 3.05) is 19.6 Å². The predicted molar refractivity (Wildman–Crippen MR) is 110 cm³/mol. The predicted octanol–water partition coefficient (Wildman–Crippen LogP) is 1.48. The van der Waals surface area contributed by atoms with Crippen LogP contribution >= 0.6 is 0 Å². The molecule has 0 aromatic heterocycles. The largest absolute Gasteiger partial charge is 0.333 e. The molecule has 2 N–H and O–H groups in total. The molecule has 7 nitrogen and oxygen atoms in total. The first-order chi connectivity index (χ1) is 14.4. The van der Waals surface area contributed by atoms with E-state index in [-0.39, 0.29) is 35.9 Å². The van der Waals surface area contributed by atoms with Gasteiger partial charge in [-0.25, -0.2) is 4.39 Å². The van der Waals surface area contributed by atoms with Gasteiger partial charge < -0.3 is 15.5 Å². The van der Waals surface area contributed by atoms with Crippen molar-refractivity contribution in [3.63, 3.8) is 0 Å². The van der Waals surface area contributed by atoms with Gasteiger partial charge in [0.05, 0.1) is 12.1 Å². The first kappa shape index (κ1) is 22.2. The highest BCUT2D eigenvalue weighted by molar-refractivity contribution is 5.85. The topological polar surface area (TPSA) is 93.7 Å². The minimum atomic E-state index is -0.244. The summed E-state index contributed by atoms with van der Waals surface area (Å²) in [4.78, 5) is 28.4. The van der Waals surface area contributed by atoms with E-state index in [1.807, 2.05) is 11.8 Å². The van der Waals surface area contributed by atoms with Gasteiger partial charge in [-0.15, -0.1) is 0 Å². The number of nitrogens with zero attached hydrogens (tertiary/aromatic N) is 4. The van der Waals surface area contributed by atoms with Crippen LogP contribution in [-0.2, 0) is 16.1 Å². The quantitative estimate of drug-likeness (QED) is 0.735. The van der Waals surface area contributed by atoms with Crippen molar-refractivity contribution < 1.29 is 14.0 Å². The van der Waals surface area contributed by atoms with Gasteiger partial charge in [0.25, 0.3) is 0 Å². The Labute approximate surface area is 177 Å². The summed E-state index contributed by atoms with van der Waals surface area (Å²) in [5.41, 5.74) is 6.80. The number of fused-ring (bicyclic) bond motifs is 2. The number of carbonyl (C=O) groups excluding carboxylic acids is 2. The average Bonchev–Trinajstić information content (AvgIpc) is 3.28. The summed E-state index contributed by atoms with van der Waals surface area (Å²) in [7, 11) is 0. The fourth-order valence-corrected chi connectivity index (χ4v) is 4.52. The van der Waals surface area contributed by atoms with E-state index in [1.54, 1.807) is 17.0 Å². The first-order valence-electron chi connectivity index (χ1n) is 10.6. The molecule has 4 atom stereocenters. The molecule has 162 valence electrons. The molecule has 8 heteroatoms. The molecular weight excluding hydrogens is 385 g/mol. The van der Waals surface area contributed by atoms with Crippen LogP contribution in [0.3, 0.4) is 0 Å². The Morgan fingerprint density at radius 2 is 2.07 bits per heavy atom. The van der Waals surface area contributed by atoms with Crippen molar-refractivity contribution in [1.82, 2.24) is 14.7 Å². The normalized spacial score (nSPS) is 26.7. The minimum Gasteiger partial charge on any atom is -0.333 e. The van der Waals surface area contributed by atoms with Crippen LogP contribution in [0.15, 0.2) is 24.3 Å². The summed E-state index contributed by atoms with van der Waals surface area (Å²) in [6.45, 7) is 4.97. The molecule has 3 saturated heterocycles. The molecule has 0 saturated carbocycles. The molecule has 1 aromatic carbocycles. The van der Waals surface area contributed by atoms with Gasteiger partial charge in [0.15, 0.2) is 0 Å². The van der Waals surface area contributed by atoms with Gasteiger partial charge in [0.2, 0.25) is 12.3 Å². The fourth-order valence-electron chi connectivity index (χ4n) is 4.52. The molecule has 1 aromatic rings. The van der Waals surface area contributed by atoms with E-state index in [4.69, 9.17) is 11.0 Å². The van der Waals surface area contributed by atoms with Crippen molar-refractivity contribution in [2.45, 2.75) is 63.3 Å². The third kappa shape index (κ3) is 5.15. The average molecular weight is 416 g/mol. The third-order valence-corrected chi connectivity index (χ3v) is 6.01. The first-order valence-corrected chi connectivity index (χ1v) is 10.6. The van der Waals surface area contributed by atoms with E-state index in [2.05, 4.69) is 11.0 Å². The van der Waals surface area contributed by atoms with Crippen LogP contribution in [-0.4, -0.2) is 70.8 Å². The smallest absolute Gasteiger partial charge is 0.240 e. The zero-order valence-corrected chi connectivity index (χ0v) is 17.4. The van der Waals surface area contributed by atoms with Gasteiger partial charge in [-0.2, -0.15) is 5.26 Å². The summed E-state index contributed by atoms with van der Waals surface area (Å²) in [5.74, 6) is -0.0580. The second-order valence-corrected chi connectivity index (χ2v) is 8.41. The van der Waals surface area contributed by atoms with Gasteiger partial charge >= 0.3 is 0 Å². The molecule has 2 amide bonds. The fraction of sp³-hybridized carbons (Fsp3) is 0.591. The third-order valence-electron chi connectivity index (χ3n) is 6.01. The van der Waals surface area contributed by atoms with E-state index >= 15 is 0 Å². The monoisotopic (exact) mass is 415 g/mol. The lowest BCUT2D eigenvalue weighted by atomic mass is 10.0. The highest BCUT2D eigenvalue weighted by atomic mass is 19.1. The number of amides is 2. The zero-order chi connectivity index (χ0) is 21.7. The van der Waals surface area contributed by atoms with Crippen LogP contribution < -0.4 is 5.73 Å². The lowest BCUT2D eigenvalue weighted by Gasteiger charge is -2.34. The Morgan fingerprint density at radius 3 is 2.63 bits per heavy atom. The Morgan fingerprint density at radius 1 is 1.33 bits per heavy atom. The number of likely N-dealkylation sites (tertiary alicyclic amines) is 3. The van der Waals surface area contributed by atoms with Crippen LogP contribution in [0, 0.1) is 17.1 Å². The van der Waals surface area contributed by atoms with Crippen molar-refractivity contribution in [2.24, 2.45) is 5.73 Å². The van der Waals surface area contributed by atoms with Crippen LogP contribution in [0.1, 0.15) is 38.2 Å². The van der Waals surface area contributed by atoms with Crippen LogP contribution in [0.2, 0.25) is 0 Å². The molecule has 0 radical (unpaired) electrons. The molecule has 0 spiro atoms. The highest BCUT2D eigenvalue weighted by Gasteiger charge is 2.49.